The Kier molecular flexibility index (Phi) is 4.65. The molecule has 1 saturated heterocycles. The van der Waals surface area contributed by atoms with Crippen LogP contribution in [-0.4, -0.2) is 38.6 Å². The number of hydrogen-bond donors (Lipinski definition) is 3. The molecule has 0 aromatic rings. The zero-order chi connectivity index (χ0) is 10.6. The second-order valence-corrected chi connectivity index (χ2v) is 6.27. The fourth-order valence-corrected chi connectivity index (χ4v) is 3.00. The number of nitrogens with two attached hydrogens (primary N) is 1. The molecule has 2 unspecified atom stereocenters. The van der Waals surface area contributed by atoms with Crippen LogP contribution < -0.4 is 15.2 Å². The lowest BCUT2D eigenvalue weighted by atomic mass is 10.2. The van der Waals surface area contributed by atoms with E-state index in [1.807, 2.05) is 11.8 Å². The minimum Gasteiger partial charge on any atom is -0.312 e. The molecule has 4 N–H and O–H groups in total. The maximum atomic E-state index is 10.6. The predicted octanol–water partition coefficient (Wildman–Crippen LogP) is -0.737. The second-order valence-electron chi connectivity index (χ2n) is 3.31. The maximum absolute atomic E-state index is 10.6. The first-order valence-electron chi connectivity index (χ1n) is 4.63. The van der Waals surface area contributed by atoms with Crippen molar-refractivity contribution in [3.05, 3.63) is 0 Å². The normalized spacial score (nSPS) is 28.1. The number of rotatable bonds is 5. The Hall–Kier alpha value is 0.180. The standard InChI is InChI=1S/C7H17N3O2S2/c1-2-13-7-3-6(9-5-7)4-10-14(8,11)12/h6-7,9-10H,2-5H2,1H3,(H2,8,11,12). The summed E-state index contributed by atoms with van der Waals surface area (Å²) in [6, 6.07) is 0.220. The molecule has 1 fully saturated rings. The van der Waals surface area contributed by atoms with Gasteiger partial charge in [0.05, 0.1) is 0 Å². The molecule has 0 saturated carbocycles. The van der Waals surface area contributed by atoms with Gasteiger partial charge >= 0.3 is 0 Å². The summed E-state index contributed by atoms with van der Waals surface area (Å²) < 4.78 is 23.6. The molecule has 0 aliphatic carbocycles. The van der Waals surface area contributed by atoms with Crippen LogP contribution >= 0.6 is 11.8 Å². The van der Waals surface area contributed by atoms with Crippen LogP contribution in [0.25, 0.3) is 0 Å². The highest BCUT2D eigenvalue weighted by atomic mass is 32.2. The zero-order valence-electron chi connectivity index (χ0n) is 8.19. The summed E-state index contributed by atoms with van der Waals surface area (Å²) in [5, 5.41) is 8.70. The number of hydrogen-bond acceptors (Lipinski definition) is 4. The summed E-state index contributed by atoms with van der Waals surface area (Å²) in [6.45, 7) is 3.47. The van der Waals surface area contributed by atoms with Gasteiger partial charge in [0.1, 0.15) is 0 Å². The van der Waals surface area contributed by atoms with E-state index in [1.54, 1.807) is 0 Å². The molecule has 0 radical (unpaired) electrons. The molecule has 1 rings (SSSR count). The first kappa shape index (κ1) is 12.3. The molecule has 0 bridgehead atoms. The van der Waals surface area contributed by atoms with E-state index in [0.717, 1.165) is 18.7 Å². The van der Waals surface area contributed by atoms with Crippen molar-refractivity contribution in [2.24, 2.45) is 5.14 Å². The van der Waals surface area contributed by atoms with Crippen molar-refractivity contribution in [1.82, 2.24) is 10.0 Å². The van der Waals surface area contributed by atoms with Crippen LogP contribution in [0.1, 0.15) is 13.3 Å². The smallest absolute Gasteiger partial charge is 0.274 e. The molecule has 84 valence electrons. The van der Waals surface area contributed by atoms with Gasteiger partial charge in [0.15, 0.2) is 0 Å². The third kappa shape index (κ3) is 4.61. The van der Waals surface area contributed by atoms with E-state index in [9.17, 15) is 8.42 Å². The van der Waals surface area contributed by atoms with Crippen molar-refractivity contribution >= 4 is 22.0 Å². The molecule has 0 aromatic carbocycles. The van der Waals surface area contributed by atoms with Crippen molar-refractivity contribution in [2.45, 2.75) is 24.6 Å². The fourth-order valence-electron chi connectivity index (χ4n) is 1.52. The van der Waals surface area contributed by atoms with Gasteiger partial charge in [-0.3, -0.25) is 0 Å². The van der Waals surface area contributed by atoms with Crippen molar-refractivity contribution in [2.75, 3.05) is 18.8 Å². The van der Waals surface area contributed by atoms with Gasteiger partial charge in [-0.25, -0.2) is 9.86 Å². The summed E-state index contributed by atoms with van der Waals surface area (Å²) in [5.74, 6) is 1.10. The molecule has 14 heavy (non-hydrogen) atoms. The summed E-state index contributed by atoms with van der Waals surface area (Å²) in [4.78, 5) is 0. The second kappa shape index (κ2) is 5.32. The Morgan fingerprint density at radius 1 is 1.64 bits per heavy atom. The van der Waals surface area contributed by atoms with Crippen LogP contribution in [0.5, 0.6) is 0 Å². The van der Waals surface area contributed by atoms with Gasteiger partial charge in [-0.15, -0.1) is 0 Å². The average Bonchev–Trinajstić information content (AvgIpc) is 2.49. The third-order valence-electron chi connectivity index (χ3n) is 2.11. The first-order valence-corrected chi connectivity index (χ1v) is 7.23. The van der Waals surface area contributed by atoms with Gasteiger partial charge in [-0.05, 0) is 12.2 Å². The molecule has 0 amide bonds. The van der Waals surface area contributed by atoms with Gasteiger partial charge in [0.25, 0.3) is 10.2 Å². The van der Waals surface area contributed by atoms with Gasteiger partial charge < -0.3 is 5.32 Å². The molecule has 1 aliphatic heterocycles. The molecule has 0 aromatic heterocycles. The summed E-state index contributed by atoms with van der Waals surface area (Å²) in [5.41, 5.74) is 0. The van der Waals surface area contributed by atoms with E-state index in [2.05, 4.69) is 17.0 Å². The Morgan fingerprint density at radius 2 is 2.36 bits per heavy atom. The zero-order valence-corrected chi connectivity index (χ0v) is 9.83. The molecular weight excluding hydrogens is 222 g/mol. The van der Waals surface area contributed by atoms with Crippen LogP contribution in [0.4, 0.5) is 0 Å². The first-order chi connectivity index (χ1) is 6.51. The third-order valence-corrected chi connectivity index (χ3v) is 3.85. The van der Waals surface area contributed by atoms with E-state index in [1.165, 1.54) is 0 Å². The highest BCUT2D eigenvalue weighted by molar-refractivity contribution is 7.99. The number of nitrogens with one attached hydrogen (secondary N) is 2. The molecule has 1 heterocycles. The maximum Gasteiger partial charge on any atom is 0.274 e. The van der Waals surface area contributed by atoms with Gasteiger partial charge in [-0.2, -0.15) is 20.2 Å². The lowest BCUT2D eigenvalue weighted by molar-refractivity contribution is 0.553. The topological polar surface area (TPSA) is 84.2 Å². The average molecular weight is 239 g/mol. The van der Waals surface area contributed by atoms with Gasteiger partial charge in [0, 0.05) is 24.4 Å². The van der Waals surface area contributed by atoms with E-state index < -0.39 is 10.2 Å². The molecule has 1 aliphatic rings. The Balaban J connectivity index is 2.23. The van der Waals surface area contributed by atoms with Gasteiger partial charge in [0.2, 0.25) is 0 Å². The Morgan fingerprint density at radius 3 is 2.93 bits per heavy atom. The van der Waals surface area contributed by atoms with Crippen LogP contribution in [-0.2, 0) is 10.2 Å². The van der Waals surface area contributed by atoms with Crippen LogP contribution in [0.3, 0.4) is 0 Å². The quantitative estimate of drug-likeness (QED) is 0.590. The Bertz CT molecular complexity index is 268. The monoisotopic (exact) mass is 239 g/mol. The summed E-state index contributed by atoms with van der Waals surface area (Å²) in [6.07, 6.45) is 1.00. The lowest BCUT2D eigenvalue weighted by Gasteiger charge is -2.09. The van der Waals surface area contributed by atoms with E-state index in [-0.39, 0.29) is 6.04 Å². The summed E-state index contributed by atoms with van der Waals surface area (Å²) in [7, 11) is -3.54. The van der Waals surface area contributed by atoms with Crippen LogP contribution in [0.2, 0.25) is 0 Å². The largest absolute Gasteiger partial charge is 0.312 e. The summed E-state index contributed by atoms with van der Waals surface area (Å²) >= 11 is 1.91. The van der Waals surface area contributed by atoms with E-state index >= 15 is 0 Å². The molecule has 0 spiro atoms. The predicted molar refractivity (Wildman–Crippen MR) is 59.4 cm³/mol. The lowest BCUT2D eigenvalue weighted by Crippen LogP contribution is -2.40. The number of thioether (sulfide) groups is 1. The molecular formula is C7H17N3O2S2. The minimum absolute atomic E-state index is 0.220. The van der Waals surface area contributed by atoms with Gasteiger partial charge in [-0.1, -0.05) is 6.92 Å². The SMILES string of the molecule is CCSC1CNC(CNS(N)(=O)=O)C1. The van der Waals surface area contributed by atoms with Crippen molar-refractivity contribution in [3.63, 3.8) is 0 Å². The van der Waals surface area contributed by atoms with Crippen molar-refractivity contribution in [1.29, 1.82) is 0 Å². The Labute approximate surface area is 89.4 Å². The van der Waals surface area contributed by atoms with Crippen molar-refractivity contribution in [3.8, 4) is 0 Å². The van der Waals surface area contributed by atoms with Crippen LogP contribution in [0.15, 0.2) is 0 Å². The van der Waals surface area contributed by atoms with E-state index in [4.69, 9.17) is 5.14 Å². The van der Waals surface area contributed by atoms with Crippen molar-refractivity contribution < 1.29 is 8.42 Å². The molecule has 5 nitrogen and oxygen atoms in total. The highest BCUT2D eigenvalue weighted by Crippen LogP contribution is 2.20. The highest BCUT2D eigenvalue weighted by Gasteiger charge is 2.24. The fraction of sp³-hybridized carbons (Fsp3) is 1.00. The molecule has 2 atom stereocenters. The van der Waals surface area contributed by atoms with Crippen LogP contribution in [0, 0.1) is 0 Å². The van der Waals surface area contributed by atoms with E-state index in [0.29, 0.717) is 11.8 Å². The minimum atomic E-state index is -3.54. The molecule has 7 heteroatoms.